The van der Waals surface area contributed by atoms with Crippen LogP contribution >= 0.6 is 23.4 Å². The van der Waals surface area contributed by atoms with Gasteiger partial charge in [-0.1, -0.05) is 53.7 Å². The van der Waals surface area contributed by atoms with E-state index < -0.39 is 0 Å². The lowest BCUT2D eigenvalue weighted by atomic mass is 10.1. The predicted molar refractivity (Wildman–Crippen MR) is 116 cm³/mol. The van der Waals surface area contributed by atoms with Crippen LogP contribution in [0.2, 0.25) is 5.02 Å². The van der Waals surface area contributed by atoms with Crippen molar-refractivity contribution in [2.75, 3.05) is 12.4 Å². The third-order valence-corrected chi connectivity index (χ3v) is 5.37. The van der Waals surface area contributed by atoms with Gasteiger partial charge in [0.15, 0.2) is 5.16 Å². The number of hydrogen-bond donors (Lipinski definition) is 2. The topological polar surface area (TPSA) is 84.1 Å². The number of methoxy groups -OCH3 is 1. The Morgan fingerprint density at radius 1 is 1.24 bits per heavy atom. The highest BCUT2D eigenvalue weighted by molar-refractivity contribution is 7.98. The summed E-state index contributed by atoms with van der Waals surface area (Å²) in [7, 11) is 1.50. The van der Waals surface area contributed by atoms with Crippen LogP contribution in [0.3, 0.4) is 0 Å². The molecule has 0 unspecified atom stereocenters. The number of H-pyrrole nitrogens is 1. The molecule has 0 saturated heterocycles. The number of benzene rings is 2. The van der Waals surface area contributed by atoms with Gasteiger partial charge in [0.05, 0.1) is 19.2 Å². The number of aromatic amines is 1. The van der Waals surface area contributed by atoms with E-state index in [4.69, 9.17) is 16.3 Å². The second-order valence-corrected chi connectivity index (χ2v) is 7.68. The van der Waals surface area contributed by atoms with Crippen molar-refractivity contribution in [1.82, 2.24) is 9.97 Å². The van der Waals surface area contributed by atoms with Crippen LogP contribution in [-0.2, 0) is 17.0 Å². The summed E-state index contributed by atoms with van der Waals surface area (Å²) in [6.45, 7) is 1.73. The Balaban J connectivity index is 1.70. The van der Waals surface area contributed by atoms with Crippen LogP contribution < -0.4 is 15.6 Å². The molecule has 3 rings (SSSR count). The first-order chi connectivity index (χ1) is 14.0. The van der Waals surface area contributed by atoms with Crippen molar-refractivity contribution in [3.05, 3.63) is 80.7 Å². The summed E-state index contributed by atoms with van der Waals surface area (Å²) in [6.07, 6.45) is -0.104. The number of amides is 1. The number of nitrogens with zero attached hydrogens (tertiary/aromatic N) is 1. The normalized spacial score (nSPS) is 10.6. The number of ether oxygens (including phenoxy) is 1. The number of aromatic nitrogens is 2. The van der Waals surface area contributed by atoms with E-state index in [1.807, 2.05) is 30.3 Å². The SMILES string of the molecule is COc1ccc(Cl)cc1NC(=O)Cc1c(C)nc(SCc2ccccc2)[nH]c1=O. The Morgan fingerprint density at radius 2 is 2.00 bits per heavy atom. The van der Waals surface area contributed by atoms with Gasteiger partial charge in [0.25, 0.3) is 5.56 Å². The van der Waals surface area contributed by atoms with Crippen molar-refractivity contribution in [3.63, 3.8) is 0 Å². The van der Waals surface area contributed by atoms with Gasteiger partial charge in [0, 0.05) is 22.0 Å². The van der Waals surface area contributed by atoms with Gasteiger partial charge in [-0.25, -0.2) is 4.98 Å². The molecule has 2 N–H and O–H groups in total. The number of carbonyl (C=O) groups excluding carboxylic acids is 1. The number of hydrogen-bond acceptors (Lipinski definition) is 5. The minimum absolute atomic E-state index is 0.104. The molecule has 0 saturated carbocycles. The van der Waals surface area contributed by atoms with E-state index >= 15 is 0 Å². The lowest BCUT2D eigenvalue weighted by Crippen LogP contribution is -2.24. The zero-order valence-electron chi connectivity index (χ0n) is 16.0. The zero-order valence-corrected chi connectivity index (χ0v) is 17.6. The van der Waals surface area contributed by atoms with Crippen molar-refractivity contribution in [3.8, 4) is 5.75 Å². The average Bonchev–Trinajstić information content (AvgIpc) is 2.70. The van der Waals surface area contributed by atoms with Gasteiger partial charge in [-0.2, -0.15) is 0 Å². The first kappa shape index (κ1) is 21.0. The Bertz CT molecular complexity index is 1070. The van der Waals surface area contributed by atoms with Crippen LogP contribution in [-0.4, -0.2) is 23.0 Å². The molecule has 0 aliphatic rings. The second kappa shape index (κ2) is 9.62. The van der Waals surface area contributed by atoms with Crippen LogP contribution in [0.25, 0.3) is 0 Å². The highest BCUT2D eigenvalue weighted by Crippen LogP contribution is 2.27. The number of halogens is 1. The molecule has 0 bridgehead atoms. The number of nitrogens with one attached hydrogen (secondary N) is 2. The summed E-state index contributed by atoms with van der Waals surface area (Å²) >= 11 is 7.43. The van der Waals surface area contributed by atoms with E-state index in [-0.39, 0.29) is 17.9 Å². The minimum Gasteiger partial charge on any atom is -0.495 e. The molecule has 3 aromatic rings. The quantitative estimate of drug-likeness (QED) is 0.434. The van der Waals surface area contributed by atoms with Crippen LogP contribution in [0.4, 0.5) is 5.69 Å². The van der Waals surface area contributed by atoms with Crippen molar-refractivity contribution < 1.29 is 9.53 Å². The molecule has 150 valence electrons. The van der Waals surface area contributed by atoms with E-state index in [0.29, 0.717) is 38.6 Å². The molecule has 0 radical (unpaired) electrons. The second-order valence-electron chi connectivity index (χ2n) is 6.28. The Labute approximate surface area is 177 Å². The smallest absolute Gasteiger partial charge is 0.255 e. The summed E-state index contributed by atoms with van der Waals surface area (Å²) in [5, 5.41) is 3.73. The van der Waals surface area contributed by atoms with Crippen molar-refractivity contribution >= 4 is 35.0 Å². The monoisotopic (exact) mass is 429 g/mol. The highest BCUT2D eigenvalue weighted by atomic mass is 35.5. The van der Waals surface area contributed by atoms with Gasteiger partial charge in [0.2, 0.25) is 5.91 Å². The molecular weight excluding hydrogens is 410 g/mol. The first-order valence-electron chi connectivity index (χ1n) is 8.86. The Hall–Kier alpha value is -2.77. The van der Waals surface area contributed by atoms with Crippen molar-refractivity contribution in [1.29, 1.82) is 0 Å². The molecule has 1 heterocycles. The largest absolute Gasteiger partial charge is 0.495 e. The summed E-state index contributed by atoms with van der Waals surface area (Å²) in [4.78, 5) is 32.2. The van der Waals surface area contributed by atoms with Gasteiger partial charge in [-0.3, -0.25) is 9.59 Å². The molecule has 0 aliphatic heterocycles. The molecule has 0 atom stereocenters. The van der Waals surface area contributed by atoms with Crippen LogP contribution in [0.1, 0.15) is 16.8 Å². The van der Waals surface area contributed by atoms with Gasteiger partial charge in [-0.05, 0) is 30.7 Å². The van der Waals surface area contributed by atoms with E-state index in [1.54, 1.807) is 25.1 Å². The van der Waals surface area contributed by atoms with Crippen LogP contribution in [0.15, 0.2) is 58.5 Å². The first-order valence-corrected chi connectivity index (χ1v) is 10.2. The van der Waals surface area contributed by atoms with E-state index in [9.17, 15) is 9.59 Å². The van der Waals surface area contributed by atoms with Crippen molar-refractivity contribution in [2.45, 2.75) is 24.3 Å². The fraction of sp³-hybridized carbons (Fsp3) is 0.190. The number of carbonyl (C=O) groups is 1. The third kappa shape index (κ3) is 5.62. The lowest BCUT2D eigenvalue weighted by molar-refractivity contribution is -0.115. The highest BCUT2D eigenvalue weighted by Gasteiger charge is 2.15. The lowest BCUT2D eigenvalue weighted by Gasteiger charge is -2.11. The van der Waals surface area contributed by atoms with Gasteiger partial charge < -0.3 is 15.0 Å². The van der Waals surface area contributed by atoms with E-state index in [1.165, 1.54) is 18.9 Å². The number of rotatable bonds is 7. The summed E-state index contributed by atoms with van der Waals surface area (Å²) in [5.41, 5.74) is 2.12. The minimum atomic E-state index is -0.356. The van der Waals surface area contributed by atoms with E-state index in [0.717, 1.165) is 5.56 Å². The summed E-state index contributed by atoms with van der Waals surface area (Å²) in [5.74, 6) is 0.822. The molecule has 1 amide bonds. The fourth-order valence-corrected chi connectivity index (χ4v) is 3.75. The van der Waals surface area contributed by atoms with Crippen molar-refractivity contribution in [2.24, 2.45) is 0 Å². The maximum atomic E-state index is 12.5. The molecule has 8 heteroatoms. The summed E-state index contributed by atoms with van der Waals surface area (Å²) < 4.78 is 5.22. The molecule has 0 fully saturated rings. The number of aryl methyl sites for hydroxylation is 1. The number of thioether (sulfide) groups is 1. The van der Waals surface area contributed by atoms with Gasteiger partial charge >= 0.3 is 0 Å². The maximum absolute atomic E-state index is 12.5. The standard InChI is InChI=1S/C21H20ClN3O3S/c1-13-16(11-19(26)24-17-10-15(22)8-9-18(17)28-2)20(27)25-21(23-13)29-12-14-6-4-3-5-7-14/h3-10H,11-12H2,1-2H3,(H,24,26)(H,23,25,27). The summed E-state index contributed by atoms with van der Waals surface area (Å²) in [6, 6.07) is 14.8. The molecular formula is C21H20ClN3O3S. The molecule has 29 heavy (non-hydrogen) atoms. The molecule has 2 aromatic carbocycles. The zero-order chi connectivity index (χ0) is 20.8. The Morgan fingerprint density at radius 3 is 2.69 bits per heavy atom. The number of anilines is 1. The van der Waals surface area contributed by atoms with Gasteiger partial charge in [-0.15, -0.1) is 0 Å². The molecule has 0 spiro atoms. The van der Waals surface area contributed by atoms with Crippen LogP contribution in [0, 0.1) is 6.92 Å². The van der Waals surface area contributed by atoms with E-state index in [2.05, 4.69) is 15.3 Å². The molecule has 0 aliphatic carbocycles. The average molecular weight is 430 g/mol. The Kier molecular flexibility index (Phi) is 6.95. The fourth-order valence-electron chi connectivity index (χ4n) is 2.72. The van der Waals surface area contributed by atoms with Gasteiger partial charge in [0.1, 0.15) is 5.75 Å². The third-order valence-electron chi connectivity index (χ3n) is 4.19. The predicted octanol–water partition coefficient (Wildman–Crippen LogP) is 4.21. The maximum Gasteiger partial charge on any atom is 0.255 e. The molecule has 6 nitrogen and oxygen atoms in total. The van der Waals surface area contributed by atoms with Crippen LogP contribution in [0.5, 0.6) is 5.75 Å². The molecule has 1 aromatic heterocycles.